The standard InChI is InChI=1S/C29H35IN3P/c1-5-33-27-12-8-7-11-25(27)26-21-24(17-18-28(26)33)34(29(2,3)4,32-19-9-6-10-20-32)31-23-15-13-22(30)14-16-23/h7-8,11-18,21H,5-6,9-10,19-20H2,1-4H3. The molecule has 5 heteroatoms. The Morgan fingerprint density at radius 3 is 2.21 bits per heavy atom. The maximum absolute atomic E-state index is 5.74. The number of piperidine rings is 1. The van der Waals surface area contributed by atoms with Gasteiger partial charge in [-0.3, -0.25) is 4.67 Å². The summed E-state index contributed by atoms with van der Waals surface area (Å²) in [5.74, 6) is 0. The first-order valence-electron chi connectivity index (χ1n) is 12.5. The summed E-state index contributed by atoms with van der Waals surface area (Å²) in [6.45, 7) is 12.7. The molecule has 1 aliphatic rings. The molecule has 1 fully saturated rings. The molecular formula is C29H35IN3P. The molecule has 0 aliphatic carbocycles. The lowest BCUT2D eigenvalue weighted by Gasteiger charge is -2.47. The highest BCUT2D eigenvalue weighted by Gasteiger charge is 2.41. The highest BCUT2D eigenvalue weighted by molar-refractivity contribution is 14.1. The van der Waals surface area contributed by atoms with Gasteiger partial charge in [-0.2, -0.15) is 0 Å². The fraction of sp³-hybridized carbons (Fsp3) is 0.379. The molecule has 1 aliphatic heterocycles. The minimum Gasteiger partial charge on any atom is -0.341 e. The van der Waals surface area contributed by atoms with E-state index < -0.39 is 7.21 Å². The monoisotopic (exact) mass is 583 g/mol. The molecule has 0 amide bonds. The summed E-state index contributed by atoms with van der Waals surface area (Å²) in [5, 5.41) is 4.14. The van der Waals surface area contributed by atoms with Crippen LogP contribution in [0.15, 0.2) is 71.5 Å². The average Bonchev–Trinajstić information content (AvgIpc) is 3.16. The van der Waals surface area contributed by atoms with Crippen molar-refractivity contribution >= 4 is 62.6 Å². The Morgan fingerprint density at radius 2 is 1.53 bits per heavy atom. The molecule has 1 aromatic heterocycles. The maximum Gasteiger partial charge on any atom is 0.0720 e. The molecule has 0 spiro atoms. The fourth-order valence-electron chi connectivity index (χ4n) is 5.66. The molecule has 178 valence electrons. The molecule has 2 heterocycles. The van der Waals surface area contributed by atoms with Crippen molar-refractivity contribution < 1.29 is 0 Å². The molecule has 0 N–H and O–H groups in total. The van der Waals surface area contributed by atoms with Crippen molar-refractivity contribution in [2.45, 2.75) is 58.7 Å². The van der Waals surface area contributed by atoms with E-state index in [-0.39, 0.29) is 5.16 Å². The first-order valence-corrected chi connectivity index (χ1v) is 15.3. The number of fused-ring (bicyclic) bond motifs is 3. The van der Waals surface area contributed by atoms with E-state index in [1.807, 2.05) is 0 Å². The first-order chi connectivity index (χ1) is 16.3. The number of hydrogen-bond acceptors (Lipinski definition) is 1. The zero-order valence-electron chi connectivity index (χ0n) is 20.8. The molecule has 5 rings (SSSR count). The number of aryl methyl sites for hydroxylation is 1. The molecule has 4 aromatic rings. The summed E-state index contributed by atoms with van der Waals surface area (Å²) >= 11 is 2.38. The van der Waals surface area contributed by atoms with Crippen LogP contribution in [0.3, 0.4) is 0 Å². The zero-order chi connectivity index (χ0) is 23.9. The van der Waals surface area contributed by atoms with Crippen molar-refractivity contribution in [1.29, 1.82) is 0 Å². The number of benzene rings is 3. The minimum absolute atomic E-state index is 0.0180. The van der Waals surface area contributed by atoms with Crippen LogP contribution in [0.25, 0.3) is 21.8 Å². The highest BCUT2D eigenvalue weighted by Crippen LogP contribution is 2.64. The van der Waals surface area contributed by atoms with Crippen molar-refractivity contribution in [3.63, 3.8) is 0 Å². The smallest absolute Gasteiger partial charge is 0.0720 e. The third-order valence-corrected chi connectivity index (χ3v) is 12.5. The van der Waals surface area contributed by atoms with Crippen LogP contribution in [0.5, 0.6) is 0 Å². The summed E-state index contributed by atoms with van der Waals surface area (Å²) < 4.78 is 12.2. The predicted molar refractivity (Wildman–Crippen MR) is 158 cm³/mol. The number of rotatable bonds is 4. The van der Waals surface area contributed by atoms with Gasteiger partial charge < -0.3 is 4.57 Å². The van der Waals surface area contributed by atoms with Crippen LogP contribution in [0.4, 0.5) is 5.69 Å². The number of aromatic nitrogens is 1. The van der Waals surface area contributed by atoms with E-state index in [1.165, 1.54) is 49.9 Å². The zero-order valence-corrected chi connectivity index (χ0v) is 23.8. The molecule has 1 saturated heterocycles. The summed E-state index contributed by atoms with van der Waals surface area (Å²) in [5.41, 5.74) is 3.75. The van der Waals surface area contributed by atoms with Crippen molar-refractivity contribution in [2.24, 2.45) is 4.74 Å². The molecule has 3 aromatic carbocycles. The number of halogens is 1. The van der Waals surface area contributed by atoms with Crippen LogP contribution in [-0.4, -0.2) is 27.5 Å². The highest BCUT2D eigenvalue weighted by atomic mass is 127. The van der Waals surface area contributed by atoms with Gasteiger partial charge in [0.05, 0.1) is 12.9 Å². The van der Waals surface area contributed by atoms with Crippen molar-refractivity contribution in [1.82, 2.24) is 9.24 Å². The number of para-hydroxylation sites is 1. The van der Waals surface area contributed by atoms with Gasteiger partial charge in [-0.15, -0.1) is 0 Å². The van der Waals surface area contributed by atoms with Gasteiger partial charge in [-0.25, -0.2) is 4.74 Å². The Balaban J connectivity index is 1.84. The van der Waals surface area contributed by atoms with Gasteiger partial charge >= 0.3 is 0 Å². The lowest BCUT2D eigenvalue weighted by molar-refractivity contribution is 0.361. The van der Waals surface area contributed by atoms with E-state index in [4.69, 9.17) is 4.74 Å². The van der Waals surface area contributed by atoms with Crippen molar-refractivity contribution in [3.05, 3.63) is 70.3 Å². The number of hydrogen-bond donors (Lipinski definition) is 0. The third-order valence-electron chi connectivity index (χ3n) is 7.20. The van der Waals surface area contributed by atoms with Crippen molar-refractivity contribution in [3.8, 4) is 0 Å². The van der Waals surface area contributed by atoms with Crippen LogP contribution >= 0.6 is 29.8 Å². The first kappa shape index (κ1) is 24.1. The van der Waals surface area contributed by atoms with E-state index in [9.17, 15) is 0 Å². The summed E-state index contributed by atoms with van der Waals surface area (Å²) in [4.78, 5) is 0. The molecule has 0 radical (unpaired) electrons. The second kappa shape index (κ2) is 9.44. The topological polar surface area (TPSA) is 20.5 Å². The minimum atomic E-state index is -2.08. The Labute approximate surface area is 217 Å². The van der Waals surface area contributed by atoms with Gasteiger partial charge in [0.1, 0.15) is 0 Å². The lowest BCUT2D eigenvalue weighted by atomic mass is 10.1. The van der Waals surface area contributed by atoms with Gasteiger partial charge in [-0.05, 0) is 90.9 Å². The molecule has 0 bridgehead atoms. The summed E-state index contributed by atoms with van der Waals surface area (Å²) in [6.07, 6.45) is 3.85. The van der Waals surface area contributed by atoms with Gasteiger partial charge in [0.25, 0.3) is 0 Å². The Bertz CT molecular complexity index is 1370. The molecule has 1 atom stereocenters. The largest absolute Gasteiger partial charge is 0.341 e. The Hall–Kier alpha value is -1.62. The van der Waals surface area contributed by atoms with Crippen LogP contribution in [0.1, 0.15) is 47.0 Å². The van der Waals surface area contributed by atoms with Crippen LogP contribution in [-0.2, 0) is 6.54 Å². The average molecular weight is 583 g/mol. The molecular weight excluding hydrogens is 548 g/mol. The normalized spacial score (nSPS) is 17.2. The van der Waals surface area contributed by atoms with Crippen LogP contribution < -0.4 is 5.30 Å². The van der Waals surface area contributed by atoms with E-state index in [1.54, 1.807) is 0 Å². The quantitative estimate of drug-likeness (QED) is 0.174. The summed E-state index contributed by atoms with van der Waals surface area (Å²) in [7, 11) is -2.08. The molecule has 34 heavy (non-hydrogen) atoms. The predicted octanol–water partition coefficient (Wildman–Crippen LogP) is 8.78. The number of nitrogens with zero attached hydrogens (tertiary/aromatic N) is 3. The molecule has 0 saturated carbocycles. The van der Waals surface area contributed by atoms with Crippen LogP contribution in [0.2, 0.25) is 0 Å². The second-order valence-electron chi connectivity index (χ2n) is 10.3. The molecule has 1 unspecified atom stereocenters. The summed E-state index contributed by atoms with van der Waals surface area (Å²) in [6, 6.07) is 24.9. The SMILES string of the molecule is CCn1c2ccccc2c2cc(P(=Nc3ccc(I)cc3)(N3CCCCC3)C(C)(C)C)ccc21. The Morgan fingerprint density at radius 1 is 0.853 bits per heavy atom. The van der Waals surface area contributed by atoms with Gasteiger partial charge in [0.15, 0.2) is 0 Å². The van der Waals surface area contributed by atoms with Gasteiger partial charge in [0.2, 0.25) is 0 Å². The van der Waals surface area contributed by atoms with Gasteiger partial charge in [0, 0.05) is 55.5 Å². The van der Waals surface area contributed by atoms with E-state index in [0.717, 1.165) is 25.3 Å². The van der Waals surface area contributed by atoms with E-state index >= 15 is 0 Å². The van der Waals surface area contributed by atoms with Crippen LogP contribution in [0, 0.1) is 3.57 Å². The lowest BCUT2D eigenvalue weighted by Crippen LogP contribution is -2.39. The van der Waals surface area contributed by atoms with Gasteiger partial charge in [-0.1, -0.05) is 45.4 Å². The third kappa shape index (κ3) is 4.06. The Kier molecular flexibility index (Phi) is 6.69. The van der Waals surface area contributed by atoms with Crippen molar-refractivity contribution in [2.75, 3.05) is 13.1 Å². The molecule has 3 nitrogen and oxygen atoms in total. The van der Waals surface area contributed by atoms with E-state index in [0.29, 0.717) is 0 Å². The fourth-order valence-corrected chi connectivity index (χ4v) is 10.4. The maximum atomic E-state index is 5.74. The second-order valence-corrected chi connectivity index (χ2v) is 15.4. The van der Waals surface area contributed by atoms with E-state index in [2.05, 4.69) is 126 Å².